The van der Waals surface area contributed by atoms with Crippen molar-refractivity contribution in [1.29, 1.82) is 0 Å². The monoisotopic (exact) mass is 131 g/mol. The van der Waals surface area contributed by atoms with Crippen molar-refractivity contribution in [2.45, 2.75) is 26.2 Å². The van der Waals surface area contributed by atoms with Gasteiger partial charge in [0, 0.05) is 0 Å². The summed E-state index contributed by atoms with van der Waals surface area (Å²) in [6.45, 7) is 5.39. The van der Waals surface area contributed by atoms with E-state index >= 15 is 0 Å². The third kappa shape index (κ3) is 18.4. The minimum absolute atomic E-state index is 1.17. The summed E-state index contributed by atoms with van der Waals surface area (Å²) in [6.07, 6.45) is 4.01. The Morgan fingerprint density at radius 3 is 2.22 bits per heavy atom. The average Bonchev–Trinajstić information content (AvgIpc) is 1.94. The summed E-state index contributed by atoms with van der Waals surface area (Å²) in [4.78, 5) is 8.00. The lowest BCUT2D eigenvalue weighted by Crippen LogP contribution is -2.06. The summed E-state index contributed by atoms with van der Waals surface area (Å²) >= 11 is 0. The van der Waals surface area contributed by atoms with Gasteiger partial charge in [0.05, 0.1) is 0 Å². The first-order valence-electron chi connectivity index (χ1n) is 3.35. The number of hydrogen-bond donors (Lipinski definition) is 1. The predicted molar refractivity (Wildman–Crippen MR) is 40.6 cm³/mol. The van der Waals surface area contributed by atoms with E-state index in [2.05, 4.69) is 12.2 Å². The van der Waals surface area contributed by atoms with Crippen molar-refractivity contribution in [1.82, 2.24) is 5.32 Å². The molecule has 0 amide bonds. The van der Waals surface area contributed by atoms with Crippen molar-refractivity contribution in [3.05, 3.63) is 0 Å². The van der Waals surface area contributed by atoms with Gasteiger partial charge in [-0.25, -0.2) is 0 Å². The molecule has 0 saturated heterocycles. The molecule has 0 atom stereocenters. The molecule has 0 aromatic carbocycles. The SMILES string of the molecule is C=O.CCCCCNC. The third-order valence-corrected chi connectivity index (χ3v) is 1.03. The van der Waals surface area contributed by atoms with Crippen LogP contribution in [0.3, 0.4) is 0 Å². The van der Waals surface area contributed by atoms with E-state index in [-0.39, 0.29) is 0 Å². The Morgan fingerprint density at radius 1 is 1.33 bits per heavy atom. The van der Waals surface area contributed by atoms with Crippen LogP contribution in [0.2, 0.25) is 0 Å². The molecule has 0 aliphatic rings. The largest absolute Gasteiger partial charge is 0.320 e. The highest BCUT2D eigenvalue weighted by Crippen LogP contribution is 1.89. The predicted octanol–water partition coefficient (Wildman–Crippen LogP) is 1.21. The molecule has 0 aromatic rings. The molecule has 0 fully saturated rings. The average molecular weight is 131 g/mol. The summed E-state index contributed by atoms with van der Waals surface area (Å²) in [5.41, 5.74) is 0. The molecule has 0 rings (SSSR count). The van der Waals surface area contributed by atoms with Gasteiger partial charge in [0.25, 0.3) is 0 Å². The lowest BCUT2D eigenvalue weighted by molar-refractivity contribution is -0.0979. The first-order valence-corrected chi connectivity index (χ1v) is 3.35. The zero-order valence-corrected chi connectivity index (χ0v) is 6.44. The molecule has 0 aliphatic heterocycles. The van der Waals surface area contributed by atoms with Gasteiger partial charge < -0.3 is 10.1 Å². The zero-order chi connectivity index (χ0) is 7.54. The Balaban J connectivity index is 0. The van der Waals surface area contributed by atoms with Crippen LogP contribution in [-0.2, 0) is 4.79 Å². The molecular formula is C7H17NO. The molecule has 0 aliphatic carbocycles. The molecule has 9 heavy (non-hydrogen) atoms. The maximum Gasteiger partial charge on any atom is 0.106 e. The van der Waals surface area contributed by atoms with Crippen molar-refractivity contribution < 1.29 is 4.79 Å². The van der Waals surface area contributed by atoms with Crippen LogP contribution in [0, 0.1) is 0 Å². The first-order chi connectivity index (χ1) is 4.41. The molecule has 2 heteroatoms. The minimum Gasteiger partial charge on any atom is -0.320 e. The molecule has 0 saturated carbocycles. The zero-order valence-electron chi connectivity index (χ0n) is 6.44. The Labute approximate surface area is 57.6 Å². The molecule has 56 valence electrons. The van der Waals surface area contributed by atoms with Crippen LogP contribution in [0.5, 0.6) is 0 Å². The van der Waals surface area contributed by atoms with Crippen LogP contribution in [0.1, 0.15) is 26.2 Å². The third-order valence-electron chi connectivity index (χ3n) is 1.03. The van der Waals surface area contributed by atoms with Gasteiger partial charge in [0.2, 0.25) is 0 Å². The van der Waals surface area contributed by atoms with Gasteiger partial charge in [0.1, 0.15) is 6.79 Å². The quantitative estimate of drug-likeness (QED) is 0.581. The van der Waals surface area contributed by atoms with E-state index < -0.39 is 0 Å². The lowest BCUT2D eigenvalue weighted by atomic mass is 10.2. The number of carbonyl (C=O) groups excluding carboxylic acids is 1. The highest BCUT2D eigenvalue weighted by atomic mass is 16.1. The Kier molecular flexibility index (Phi) is 19.9. The van der Waals surface area contributed by atoms with E-state index in [4.69, 9.17) is 4.79 Å². The number of carbonyl (C=O) groups is 1. The van der Waals surface area contributed by atoms with Crippen molar-refractivity contribution in [2.75, 3.05) is 13.6 Å². The minimum atomic E-state index is 1.17. The van der Waals surface area contributed by atoms with Crippen LogP contribution in [0.15, 0.2) is 0 Å². The van der Waals surface area contributed by atoms with E-state index in [1.807, 2.05) is 13.8 Å². The van der Waals surface area contributed by atoms with Gasteiger partial charge in [-0.15, -0.1) is 0 Å². The fourth-order valence-corrected chi connectivity index (χ4v) is 0.552. The van der Waals surface area contributed by atoms with Crippen molar-refractivity contribution in [3.63, 3.8) is 0 Å². The highest BCUT2D eigenvalue weighted by Gasteiger charge is 1.78. The fraction of sp³-hybridized carbons (Fsp3) is 0.857. The standard InChI is InChI=1S/C6H15N.CH2O/c1-3-4-5-6-7-2;1-2/h7H,3-6H2,1-2H3;1H2. The lowest BCUT2D eigenvalue weighted by Gasteiger charge is -1.93. The summed E-state index contributed by atoms with van der Waals surface area (Å²) in [5, 5.41) is 3.10. The molecule has 0 aromatic heterocycles. The Morgan fingerprint density at radius 2 is 1.89 bits per heavy atom. The van der Waals surface area contributed by atoms with Gasteiger partial charge in [-0.2, -0.15) is 0 Å². The van der Waals surface area contributed by atoms with Gasteiger partial charge >= 0.3 is 0 Å². The van der Waals surface area contributed by atoms with Crippen LogP contribution >= 0.6 is 0 Å². The van der Waals surface area contributed by atoms with E-state index in [0.29, 0.717) is 0 Å². The van der Waals surface area contributed by atoms with E-state index in [9.17, 15) is 0 Å². The van der Waals surface area contributed by atoms with E-state index in [1.54, 1.807) is 0 Å². The van der Waals surface area contributed by atoms with Gasteiger partial charge in [-0.3, -0.25) is 0 Å². The fourth-order valence-electron chi connectivity index (χ4n) is 0.552. The highest BCUT2D eigenvalue weighted by molar-refractivity contribution is 5.10. The number of hydrogen-bond acceptors (Lipinski definition) is 2. The second kappa shape index (κ2) is 15.6. The topological polar surface area (TPSA) is 29.1 Å². The smallest absolute Gasteiger partial charge is 0.106 e. The van der Waals surface area contributed by atoms with E-state index in [0.717, 1.165) is 0 Å². The molecule has 0 unspecified atom stereocenters. The maximum atomic E-state index is 8.00. The van der Waals surface area contributed by atoms with Crippen molar-refractivity contribution in [2.24, 2.45) is 0 Å². The van der Waals surface area contributed by atoms with Crippen molar-refractivity contribution >= 4 is 6.79 Å². The summed E-state index contributed by atoms with van der Waals surface area (Å²) in [5.74, 6) is 0. The molecule has 0 heterocycles. The number of unbranched alkanes of at least 4 members (excludes halogenated alkanes) is 2. The summed E-state index contributed by atoms with van der Waals surface area (Å²) < 4.78 is 0. The normalized spacial score (nSPS) is 7.78. The van der Waals surface area contributed by atoms with Crippen LogP contribution in [-0.4, -0.2) is 20.4 Å². The molecule has 2 nitrogen and oxygen atoms in total. The second-order valence-corrected chi connectivity index (χ2v) is 1.81. The molecular weight excluding hydrogens is 114 g/mol. The Bertz CT molecular complexity index is 35.9. The molecule has 0 bridgehead atoms. The van der Waals surface area contributed by atoms with Crippen molar-refractivity contribution in [3.8, 4) is 0 Å². The maximum absolute atomic E-state index is 8.00. The molecule has 0 spiro atoms. The van der Waals surface area contributed by atoms with Gasteiger partial charge in [0.15, 0.2) is 0 Å². The number of rotatable bonds is 4. The van der Waals surface area contributed by atoms with Crippen LogP contribution in [0.4, 0.5) is 0 Å². The Hall–Kier alpha value is -0.370. The summed E-state index contributed by atoms with van der Waals surface area (Å²) in [6, 6.07) is 0. The van der Waals surface area contributed by atoms with Gasteiger partial charge in [-0.1, -0.05) is 19.8 Å². The van der Waals surface area contributed by atoms with E-state index in [1.165, 1.54) is 25.8 Å². The molecule has 0 radical (unpaired) electrons. The molecule has 1 N–H and O–H groups in total. The summed E-state index contributed by atoms with van der Waals surface area (Å²) in [7, 11) is 2.00. The van der Waals surface area contributed by atoms with Gasteiger partial charge in [-0.05, 0) is 20.0 Å². The number of nitrogens with one attached hydrogen (secondary N) is 1. The second-order valence-electron chi connectivity index (χ2n) is 1.81. The van der Waals surface area contributed by atoms with Crippen LogP contribution in [0.25, 0.3) is 0 Å². The van der Waals surface area contributed by atoms with Crippen LogP contribution < -0.4 is 5.32 Å². The first kappa shape index (κ1) is 11.4.